The van der Waals surface area contributed by atoms with Crippen molar-refractivity contribution in [2.45, 2.75) is 57.2 Å². The van der Waals surface area contributed by atoms with Gasteiger partial charge in [0, 0.05) is 18.4 Å². The van der Waals surface area contributed by atoms with Crippen molar-refractivity contribution >= 4 is 29.3 Å². The molecule has 0 aliphatic heterocycles. The number of methoxy groups -OCH3 is 1. The van der Waals surface area contributed by atoms with Crippen LogP contribution in [0.4, 0.5) is 23.7 Å². The highest BCUT2D eigenvalue weighted by Gasteiger charge is 2.40. The Bertz CT molecular complexity index is 1330. The van der Waals surface area contributed by atoms with Crippen LogP contribution < -0.4 is 15.4 Å². The lowest BCUT2D eigenvalue weighted by Gasteiger charge is -2.33. The third-order valence-electron chi connectivity index (χ3n) is 6.74. The number of amides is 2. The van der Waals surface area contributed by atoms with Gasteiger partial charge in [-0.15, -0.1) is 15.3 Å². The first-order valence-corrected chi connectivity index (χ1v) is 12.9. The first-order chi connectivity index (χ1) is 19.1. The molecule has 1 aliphatic rings. The van der Waals surface area contributed by atoms with E-state index in [1.165, 1.54) is 24.1 Å². The van der Waals surface area contributed by atoms with E-state index in [0.717, 1.165) is 5.56 Å². The van der Waals surface area contributed by atoms with Gasteiger partial charge in [0.2, 0.25) is 17.7 Å². The summed E-state index contributed by atoms with van der Waals surface area (Å²) in [4.78, 5) is 25.9. The molecule has 0 radical (unpaired) electrons. The molecule has 214 valence electrons. The van der Waals surface area contributed by atoms with E-state index in [-0.39, 0.29) is 36.2 Å². The monoisotopic (exact) mass is 580 g/mol. The number of alkyl carbamates (subject to hydrolysis) is 1. The summed E-state index contributed by atoms with van der Waals surface area (Å²) in [5.41, 5.74) is 0.920. The van der Waals surface area contributed by atoms with Crippen LogP contribution in [0, 0.1) is 11.9 Å². The van der Waals surface area contributed by atoms with Crippen LogP contribution in [-0.4, -0.2) is 51.1 Å². The molecule has 2 amide bonds. The van der Waals surface area contributed by atoms with Gasteiger partial charge in [-0.2, -0.15) is 4.39 Å². The minimum atomic E-state index is -2.85. The van der Waals surface area contributed by atoms with E-state index in [4.69, 9.17) is 21.1 Å². The molecular weight excluding hydrogens is 553 g/mol. The number of anilines is 1. The third-order valence-corrected chi connectivity index (χ3v) is 6.93. The zero-order valence-corrected chi connectivity index (χ0v) is 22.5. The van der Waals surface area contributed by atoms with Crippen LogP contribution in [0.1, 0.15) is 49.8 Å². The van der Waals surface area contributed by atoms with Gasteiger partial charge in [0.05, 0.1) is 19.3 Å². The number of benzene rings is 1. The summed E-state index contributed by atoms with van der Waals surface area (Å²) in [7, 11) is 1.39. The molecule has 40 heavy (non-hydrogen) atoms. The Balaban J connectivity index is 1.49. The van der Waals surface area contributed by atoms with Crippen LogP contribution in [-0.2, 0) is 16.1 Å². The minimum Gasteiger partial charge on any atom is -0.480 e. The zero-order valence-electron chi connectivity index (χ0n) is 21.7. The Morgan fingerprint density at radius 1 is 1.20 bits per heavy atom. The quantitative estimate of drug-likeness (QED) is 0.359. The number of halogens is 4. The molecule has 2 N–H and O–H groups in total. The second kappa shape index (κ2) is 12.5. The molecule has 1 saturated carbocycles. The maximum atomic E-state index is 14.8. The van der Waals surface area contributed by atoms with Crippen molar-refractivity contribution in [1.82, 2.24) is 25.3 Å². The first kappa shape index (κ1) is 29.1. The van der Waals surface area contributed by atoms with Crippen molar-refractivity contribution in [2.75, 3.05) is 12.4 Å². The Labute approximate surface area is 233 Å². The van der Waals surface area contributed by atoms with E-state index < -0.39 is 54.7 Å². The van der Waals surface area contributed by atoms with Crippen LogP contribution in [0.2, 0.25) is 5.15 Å². The second-order valence-corrected chi connectivity index (χ2v) is 9.87. The van der Waals surface area contributed by atoms with E-state index in [1.54, 1.807) is 31.2 Å². The maximum Gasteiger partial charge on any atom is 0.408 e. The number of rotatable bonds is 9. The van der Waals surface area contributed by atoms with Crippen molar-refractivity contribution in [1.29, 1.82) is 0 Å². The van der Waals surface area contributed by atoms with E-state index in [1.807, 2.05) is 6.07 Å². The molecule has 2 heterocycles. The van der Waals surface area contributed by atoms with Gasteiger partial charge in [0.1, 0.15) is 18.3 Å². The van der Waals surface area contributed by atoms with Crippen molar-refractivity contribution in [2.24, 2.45) is 5.92 Å². The highest BCUT2D eigenvalue weighted by atomic mass is 35.5. The lowest BCUT2D eigenvalue weighted by Crippen LogP contribution is -2.50. The van der Waals surface area contributed by atoms with Gasteiger partial charge in [-0.1, -0.05) is 41.9 Å². The number of aromatic nitrogens is 4. The predicted molar refractivity (Wildman–Crippen MR) is 139 cm³/mol. The molecule has 14 heteroatoms. The van der Waals surface area contributed by atoms with E-state index in [9.17, 15) is 22.8 Å². The molecule has 2 aromatic heterocycles. The van der Waals surface area contributed by atoms with Crippen molar-refractivity contribution in [3.05, 3.63) is 64.8 Å². The number of carbonyl (C=O) groups is 2. The number of alkyl halides is 2. The fourth-order valence-electron chi connectivity index (χ4n) is 4.52. The Morgan fingerprint density at radius 2 is 1.90 bits per heavy atom. The standard InChI is InChI=1S/C26H28ClF3N6O4/c1-15(18-12-20(27)33-34-24(18)39-2)36-13-19(22(28)35-36)31-23(37)21(17-8-10-26(29,30)11-9-17)32-25(38)40-14-16-6-4-3-5-7-16/h3-7,12-13,15,17,21H,8-11,14H2,1-2H3,(H,31,37)(H,32,38)/t15?,21-/m0/s1. The van der Waals surface area contributed by atoms with Crippen LogP contribution in [0.25, 0.3) is 0 Å². The number of hydrogen-bond donors (Lipinski definition) is 2. The summed E-state index contributed by atoms with van der Waals surface area (Å²) in [5.74, 6) is -5.08. The first-order valence-electron chi connectivity index (χ1n) is 12.5. The van der Waals surface area contributed by atoms with Gasteiger partial charge in [-0.3, -0.25) is 9.48 Å². The fourth-order valence-corrected chi connectivity index (χ4v) is 4.67. The highest BCUT2D eigenvalue weighted by molar-refractivity contribution is 6.29. The summed E-state index contributed by atoms with van der Waals surface area (Å²) in [6.07, 6.45) is -0.546. The summed E-state index contributed by atoms with van der Waals surface area (Å²) in [6, 6.07) is 8.51. The maximum absolute atomic E-state index is 14.8. The molecule has 10 nitrogen and oxygen atoms in total. The van der Waals surface area contributed by atoms with Crippen LogP contribution >= 0.6 is 11.6 Å². The molecule has 1 aliphatic carbocycles. The Morgan fingerprint density at radius 3 is 2.58 bits per heavy atom. The molecule has 3 aromatic rings. The average molecular weight is 581 g/mol. The topological polar surface area (TPSA) is 120 Å². The lowest BCUT2D eigenvalue weighted by molar-refractivity contribution is -0.121. The van der Waals surface area contributed by atoms with Gasteiger partial charge in [-0.05, 0) is 37.3 Å². The van der Waals surface area contributed by atoms with Gasteiger partial charge >= 0.3 is 6.09 Å². The van der Waals surface area contributed by atoms with Crippen LogP contribution in [0.15, 0.2) is 42.6 Å². The SMILES string of the molecule is COc1nnc(Cl)cc1C(C)n1cc(NC(=O)[C@@H](NC(=O)OCc2ccccc2)C2CCC(F)(F)CC2)c(F)n1. The molecule has 4 rings (SSSR count). The summed E-state index contributed by atoms with van der Waals surface area (Å²) in [6.45, 7) is 1.63. The van der Waals surface area contributed by atoms with Crippen LogP contribution in [0.5, 0.6) is 5.88 Å². The molecule has 1 aromatic carbocycles. The van der Waals surface area contributed by atoms with Crippen molar-refractivity contribution in [3.63, 3.8) is 0 Å². The number of hydrogen-bond acceptors (Lipinski definition) is 7. The molecule has 0 bridgehead atoms. The number of nitrogens with zero attached hydrogens (tertiary/aromatic N) is 4. The largest absolute Gasteiger partial charge is 0.480 e. The lowest BCUT2D eigenvalue weighted by atomic mass is 9.81. The number of ether oxygens (including phenoxy) is 2. The van der Waals surface area contributed by atoms with Crippen molar-refractivity contribution < 1.29 is 32.2 Å². The van der Waals surface area contributed by atoms with Gasteiger partial charge in [-0.25, -0.2) is 13.6 Å². The average Bonchev–Trinajstić information content (AvgIpc) is 3.30. The van der Waals surface area contributed by atoms with Gasteiger partial charge in [0.15, 0.2) is 5.15 Å². The molecule has 1 unspecified atom stereocenters. The van der Waals surface area contributed by atoms with E-state index >= 15 is 0 Å². The summed E-state index contributed by atoms with van der Waals surface area (Å²) >= 11 is 5.95. The molecule has 1 fully saturated rings. The van der Waals surface area contributed by atoms with Crippen molar-refractivity contribution in [3.8, 4) is 5.88 Å². The van der Waals surface area contributed by atoms with Gasteiger partial charge < -0.3 is 20.1 Å². The fraction of sp³-hybridized carbons (Fsp3) is 0.423. The number of carbonyl (C=O) groups excluding carboxylic acids is 2. The molecule has 0 saturated heterocycles. The predicted octanol–water partition coefficient (Wildman–Crippen LogP) is 5.14. The smallest absolute Gasteiger partial charge is 0.408 e. The third kappa shape index (κ3) is 7.20. The normalized spacial score (nSPS) is 16.6. The molecule has 0 spiro atoms. The second-order valence-electron chi connectivity index (χ2n) is 9.49. The van der Waals surface area contributed by atoms with E-state index in [0.29, 0.717) is 5.56 Å². The number of nitrogens with one attached hydrogen (secondary N) is 2. The van der Waals surface area contributed by atoms with Crippen LogP contribution in [0.3, 0.4) is 0 Å². The summed E-state index contributed by atoms with van der Waals surface area (Å²) < 4.78 is 54.1. The summed E-state index contributed by atoms with van der Waals surface area (Å²) in [5, 5.41) is 16.4. The Hall–Kier alpha value is -3.87. The molecule has 2 atom stereocenters. The highest BCUT2D eigenvalue weighted by Crippen LogP contribution is 2.38. The van der Waals surface area contributed by atoms with E-state index in [2.05, 4.69) is 25.9 Å². The minimum absolute atomic E-state index is 0.0154. The van der Waals surface area contributed by atoms with Gasteiger partial charge in [0.25, 0.3) is 5.95 Å². The molecular formula is C26H28ClF3N6O4. The zero-order chi connectivity index (χ0) is 28.9. The Kier molecular flexibility index (Phi) is 9.13.